The lowest BCUT2D eigenvalue weighted by atomic mass is 9.48. The van der Waals surface area contributed by atoms with Crippen molar-refractivity contribution in [3.05, 3.63) is 0 Å². The summed E-state index contributed by atoms with van der Waals surface area (Å²) in [4.78, 5) is 3.52. The van der Waals surface area contributed by atoms with Gasteiger partial charge in [-0.05, 0) is 205 Å². The molecule has 0 radical (unpaired) electrons. The molecule has 3 heteroatoms. The summed E-state index contributed by atoms with van der Waals surface area (Å²) < 4.78 is 0. The Balaban J connectivity index is 0.806. The van der Waals surface area contributed by atoms with Gasteiger partial charge in [0.1, 0.15) is 0 Å². The Morgan fingerprint density at radius 1 is 0.328 bits per heavy atom. The van der Waals surface area contributed by atoms with Gasteiger partial charge in [-0.2, -0.15) is 23.5 Å². The van der Waals surface area contributed by atoms with Crippen molar-refractivity contribution in [2.45, 2.75) is 264 Å². The molecule has 0 aromatic carbocycles. The van der Waals surface area contributed by atoms with Crippen LogP contribution in [0.15, 0.2) is 0 Å². The second kappa shape index (κ2) is 17.2. The third kappa shape index (κ3) is 6.72. The van der Waals surface area contributed by atoms with Crippen LogP contribution >= 0.6 is 23.5 Å². The van der Waals surface area contributed by atoms with Crippen molar-refractivity contribution < 1.29 is 0 Å². The zero-order chi connectivity index (χ0) is 38.2. The Kier molecular flexibility index (Phi) is 11.9. The van der Waals surface area contributed by atoms with Crippen LogP contribution < -0.4 is 0 Å². The van der Waals surface area contributed by atoms with E-state index in [2.05, 4.69) is 28.4 Å². The van der Waals surface area contributed by atoms with Crippen molar-refractivity contribution in [3.8, 4) is 0 Å². The lowest BCUT2D eigenvalue weighted by Crippen LogP contribution is -2.57. The molecule has 2 saturated heterocycles. The van der Waals surface area contributed by atoms with Crippen molar-refractivity contribution in [1.29, 1.82) is 0 Å². The van der Waals surface area contributed by atoms with Crippen LogP contribution in [0.25, 0.3) is 0 Å². The van der Waals surface area contributed by atoms with Crippen LogP contribution in [0.1, 0.15) is 225 Å². The smallest absolute Gasteiger partial charge is 0.0135 e. The molecule has 14 unspecified atom stereocenters. The summed E-state index contributed by atoms with van der Waals surface area (Å²) in [6, 6.07) is 2.78. The molecule has 0 bridgehead atoms. The molecule has 0 aromatic rings. The van der Waals surface area contributed by atoms with E-state index in [4.69, 9.17) is 0 Å². The normalized spacial score (nSPS) is 50.0. The highest BCUT2D eigenvalue weighted by Gasteiger charge is 2.67. The monoisotopic (exact) mass is 828 g/mol. The first-order valence-corrected chi connectivity index (χ1v) is 29.8. The molecule has 1 nitrogen and oxygen atoms in total. The highest BCUT2D eigenvalue weighted by Crippen LogP contribution is 2.73. The minimum atomic E-state index is 0.730. The molecule has 326 valence electrons. The van der Waals surface area contributed by atoms with Crippen LogP contribution in [0.3, 0.4) is 0 Å². The number of thioether (sulfide) groups is 2. The quantitative estimate of drug-likeness (QED) is 0.263. The Hall–Kier alpha value is 0.660. The number of hydrogen-bond donors (Lipinski definition) is 0. The third-order valence-electron chi connectivity index (χ3n) is 22.7. The fourth-order valence-electron chi connectivity index (χ4n) is 21.1. The molecule has 0 N–H and O–H groups in total. The van der Waals surface area contributed by atoms with E-state index in [1.165, 1.54) is 25.7 Å². The third-order valence-corrected chi connectivity index (χ3v) is 26.5. The average Bonchev–Trinajstić information content (AvgIpc) is 3.96. The SMILES string of the molecule is C1CCC(N(C2CCC(C3CCCC4C5CCC6SC7CCCCC7C6C5SC34)CC2)C2CCCC3C2C2CCCCC2C3(C2CCCCC2)C2CCCCC2)CC1. The molecule has 12 fully saturated rings. The summed E-state index contributed by atoms with van der Waals surface area (Å²) in [6.45, 7) is 0. The maximum Gasteiger partial charge on any atom is 0.0135 e. The molecule has 12 rings (SSSR count). The number of hydrogen-bond acceptors (Lipinski definition) is 3. The topological polar surface area (TPSA) is 3.24 Å². The first-order valence-electron chi connectivity index (χ1n) is 27.9. The Labute approximate surface area is 366 Å². The molecule has 2 aliphatic heterocycles. The Morgan fingerprint density at radius 2 is 0.897 bits per heavy atom. The molecular weight excluding hydrogens is 739 g/mol. The van der Waals surface area contributed by atoms with E-state index in [0.29, 0.717) is 0 Å². The lowest BCUT2D eigenvalue weighted by molar-refractivity contribution is -0.0882. The van der Waals surface area contributed by atoms with Crippen molar-refractivity contribution in [2.24, 2.45) is 76.4 Å². The summed E-state index contributed by atoms with van der Waals surface area (Å²) in [6.07, 6.45) is 55.3. The molecule has 10 saturated carbocycles. The van der Waals surface area contributed by atoms with Crippen molar-refractivity contribution in [3.63, 3.8) is 0 Å². The highest BCUT2D eigenvalue weighted by molar-refractivity contribution is 8.02. The van der Waals surface area contributed by atoms with Crippen LogP contribution in [0.2, 0.25) is 0 Å². The fourth-order valence-corrected chi connectivity index (χ4v) is 25.9. The molecule has 12 aliphatic rings. The first-order chi connectivity index (χ1) is 28.8. The van der Waals surface area contributed by atoms with Gasteiger partial charge in [-0.1, -0.05) is 96.3 Å². The van der Waals surface area contributed by atoms with E-state index in [9.17, 15) is 0 Å². The van der Waals surface area contributed by atoms with Gasteiger partial charge in [0, 0.05) is 39.1 Å². The molecule has 0 aromatic heterocycles. The maximum atomic E-state index is 3.52. The van der Waals surface area contributed by atoms with Crippen molar-refractivity contribution in [1.82, 2.24) is 4.90 Å². The molecule has 14 atom stereocenters. The minimum Gasteiger partial charge on any atom is -0.294 e. The summed E-state index contributed by atoms with van der Waals surface area (Å²) >= 11 is 5.21. The molecular formula is C55H89NS2. The molecule has 0 spiro atoms. The number of fused-ring (bicyclic) bond motifs is 10. The van der Waals surface area contributed by atoms with Crippen LogP contribution in [-0.4, -0.2) is 44.0 Å². The van der Waals surface area contributed by atoms with Gasteiger partial charge in [-0.25, -0.2) is 0 Å². The van der Waals surface area contributed by atoms with Gasteiger partial charge in [0.2, 0.25) is 0 Å². The summed E-state index contributed by atoms with van der Waals surface area (Å²) in [5, 5.41) is 4.18. The van der Waals surface area contributed by atoms with Crippen LogP contribution in [0, 0.1) is 76.4 Å². The van der Waals surface area contributed by atoms with Crippen LogP contribution in [-0.2, 0) is 0 Å². The minimum absolute atomic E-state index is 0.730. The number of rotatable bonds is 6. The van der Waals surface area contributed by atoms with E-state index in [0.717, 1.165) is 116 Å². The van der Waals surface area contributed by atoms with Gasteiger partial charge in [-0.15, -0.1) is 0 Å². The lowest BCUT2D eigenvalue weighted by Gasteiger charge is -2.57. The van der Waals surface area contributed by atoms with Gasteiger partial charge in [0.15, 0.2) is 0 Å². The van der Waals surface area contributed by atoms with E-state index in [1.807, 2.05) is 0 Å². The van der Waals surface area contributed by atoms with Gasteiger partial charge >= 0.3 is 0 Å². The standard InChI is InChI=1S/C55H89NS2/c1-4-16-37(17-5-1)55(38-18-6-2-7-19-38)46-26-12-10-22-44(46)51-47(55)27-15-28-48(51)56(39-20-8-3-9-21-39)40-32-30-36(31-33-40)41-24-14-25-42-43-34-35-50-52(54(43)58-53(41)42)45-23-11-13-29-49(45)57-50/h36-54H,1-35H2. The zero-order valence-electron chi connectivity index (χ0n) is 37.5. The summed E-state index contributed by atoms with van der Waals surface area (Å²) in [5.41, 5.74) is 0.730. The summed E-state index contributed by atoms with van der Waals surface area (Å²) in [7, 11) is 0. The predicted molar refractivity (Wildman–Crippen MR) is 249 cm³/mol. The predicted octanol–water partition coefficient (Wildman–Crippen LogP) is 15.5. The molecule has 2 heterocycles. The van der Waals surface area contributed by atoms with Gasteiger partial charge in [0.05, 0.1) is 0 Å². The molecule has 58 heavy (non-hydrogen) atoms. The zero-order valence-corrected chi connectivity index (χ0v) is 39.1. The highest BCUT2D eigenvalue weighted by atomic mass is 32.2. The maximum absolute atomic E-state index is 3.52. The second-order valence-corrected chi connectivity index (χ2v) is 27.4. The number of nitrogens with zero attached hydrogens (tertiary/aromatic N) is 1. The van der Waals surface area contributed by atoms with Gasteiger partial charge in [0.25, 0.3) is 0 Å². The van der Waals surface area contributed by atoms with E-state index < -0.39 is 0 Å². The van der Waals surface area contributed by atoms with Gasteiger partial charge < -0.3 is 0 Å². The summed E-state index contributed by atoms with van der Waals surface area (Å²) in [5.74, 6) is 13.0. The average molecular weight is 828 g/mol. The molecule has 10 aliphatic carbocycles. The van der Waals surface area contributed by atoms with E-state index >= 15 is 0 Å². The van der Waals surface area contributed by atoms with Crippen LogP contribution in [0.5, 0.6) is 0 Å². The first kappa shape index (κ1) is 40.2. The van der Waals surface area contributed by atoms with E-state index in [1.54, 1.807) is 199 Å². The Bertz CT molecular complexity index is 1350. The van der Waals surface area contributed by atoms with Crippen molar-refractivity contribution in [2.75, 3.05) is 0 Å². The largest absolute Gasteiger partial charge is 0.294 e. The molecule has 0 amide bonds. The van der Waals surface area contributed by atoms with E-state index in [-0.39, 0.29) is 0 Å². The fraction of sp³-hybridized carbons (Fsp3) is 1.00. The van der Waals surface area contributed by atoms with Crippen molar-refractivity contribution >= 4 is 23.5 Å². The second-order valence-electron chi connectivity index (χ2n) is 24.5. The van der Waals surface area contributed by atoms with Gasteiger partial charge in [-0.3, -0.25) is 4.90 Å². The Morgan fingerprint density at radius 3 is 1.66 bits per heavy atom. The van der Waals surface area contributed by atoms with Crippen LogP contribution in [0.4, 0.5) is 0 Å².